The van der Waals surface area contributed by atoms with Crippen molar-refractivity contribution in [2.24, 2.45) is 16.3 Å². The number of rotatable bonds is 2. The van der Waals surface area contributed by atoms with Crippen molar-refractivity contribution in [2.45, 2.75) is 27.2 Å². The Morgan fingerprint density at radius 1 is 1.16 bits per heavy atom. The Kier molecular flexibility index (Phi) is 5.41. The topological polar surface area (TPSA) is 29.4 Å². The van der Waals surface area contributed by atoms with Gasteiger partial charge in [-0.2, -0.15) is 0 Å². The Balaban J connectivity index is 0.00000180. The summed E-state index contributed by atoms with van der Waals surface area (Å²) in [5.41, 5.74) is 1.98. The number of dihydropyridines is 1. The van der Waals surface area contributed by atoms with Crippen LogP contribution in [0.2, 0.25) is 0 Å². The fourth-order valence-corrected chi connectivity index (χ4v) is 2.10. The molecule has 1 aromatic rings. The quantitative estimate of drug-likeness (QED) is 0.711. The summed E-state index contributed by atoms with van der Waals surface area (Å²) in [6.45, 7) is 6.20. The number of allylic oxidation sites excluding steroid dienone is 1. The number of nitrogens with zero attached hydrogens (tertiary/aromatic N) is 1. The van der Waals surface area contributed by atoms with Gasteiger partial charge in [-0.25, -0.2) is 4.99 Å². The number of carbonyl (C=O) groups excluding carboxylic acids is 1. The van der Waals surface area contributed by atoms with Gasteiger partial charge in [0.05, 0.1) is 5.92 Å². The van der Waals surface area contributed by atoms with Crippen LogP contribution in [0.5, 0.6) is 0 Å². The van der Waals surface area contributed by atoms with Gasteiger partial charge < -0.3 is 0 Å². The fourth-order valence-electron chi connectivity index (χ4n) is 2.10. The molecule has 1 unspecified atom stereocenters. The van der Waals surface area contributed by atoms with Gasteiger partial charge in [0.15, 0.2) is 0 Å². The van der Waals surface area contributed by atoms with E-state index in [9.17, 15) is 4.79 Å². The Morgan fingerprint density at radius 3 is 2.32 bits per heavy atom. The van der Waals surface area contributed by atoms with Crippen LogP contribution in [-0.4, -0.2) is 11.6 Å². The molecule has 1 atom stereocenters. The van der Waals surface area contributed by atoms with Crippen LogP contribution in [-0.2, 0) is 31.6 Å². The third-order valence-electron chi connectivity index (χ3n) is 3.16. The van der Waals surface area contributed by atoms with E-state index in [1.165, 1.54) is 5.56 Å². The van der Waals surface area contributed by atoms with Crippen LogP contribution in [0.15, 0.2) is 47.5 Å². The van der Waals surface area contributed by atoms with E-state index in [0.29, 0.717) is 0 Å². The zero-order valence-corrected chi connectivity index (χ0v) is 14.3. The van der Waals surface area contributed by atoms with E-state index in [4.69, 9.17) is 0 Å². The van der Waals surface area contributed by atoms with Crippen molar-refractivity contribution in [2.75, 3.05) is 0 Å². The van der Waals surface area contributed by atoms with Crippen LogP contribution < -0.4 is 0 Å². The summed E-state index contributed by atoms with van der Waals surface area (Å²) in [4.78, 5) is 16.2. The summed E-state index contributed by atoms with van der Waals surface area (Å²) >= 11 is 0. The largest absolute Gasteiger partial charge is 0.272 e. The molecule has 1 aromatic carbocycles. The van der Waals surface area contributed by atoms with Crippen LogP contribution in [0.4, 0.5) is 0 Å². The molecule has 0 saturated heterocycles. The fraction of sp³-hybridized carbons (Fsp3) is 0.375. The second kappa shape index (κ2) is 6.41. The molecule has 2 nitrogen and oxygen atoms in total. The van der Waals surface area contributed by atoms with Gasteiger partial charge in [-0.05, 0) is 17.1 Å². The van der Waals surface area contributed by atoms with Gasteiger partial charge in [0.1, 0.15) is 0 Å². The summed E-state index contributed by atoms with van der Waals surface area (Å²) in [5.74, 6) is -0.118. The first-order valence-corrected chi connectivity index (χ1v) is 6.30. The number of amides is 1. The molecular weight excluding hydrogens is 408 g/mol. The van der Waals surface area contributed by atoms with Crippen molar-refractivity contribution in [1.29, 1.82) is 0 Å². The number of benzene rings is 1. The molecule has 3 heteroatoms. The molecule has 1 radical (unpaired) electrons. The summed E-state index contributed by atoms with van der Waals surface area (Å²) in [6.07, 6.45) is 4.71. The van der Waals surface area contributed by atoms with Crippen molar-refractivity contribution in [3.05, 3.63) is 48.0 Å². The maximum absolute atomic E-state index is 12.0. The van der Waals surface area contributed by atoms with Crippen molar-refractivity contribution >= 4 is 11.6 Å². The molecule has 1 aliphatic heterocycles. The van der Waals surface area contributed by atoms with Crippen LogP contribution in [0.25, 0.3) is 0 Å². The summed E-state index contributed by atoms with van der Waals surface area (Å²) in [6, 6.07) is 10.1. The molecule has 0 aromatic heterocycles. The minimum absolute atomic E-state index is 0. The Bertz CT molecular complexity index is 497. The predicted molar refractivity (Wildman–Crippen MR) is 74.7 cm³/mol. The summed E-state index contributed by atoms with van der Waals surface area (Å²) in [5, 5.41) is 0. The minimum atomic E-state index is -0.1000. The van der Waals surface area contributed by atoms with Crippen LogP contribution in [0, 0.1) is 11.3 Å². The average molecular weight is 428 g/mol. The van der Waals surface area contributed by atoms with E-state index >= 15 is 0 Å². The molecular formula is C16H19NORe. The smallest absolute Gasteiger partial charge is 0.253 e. The van der Waals surface area contributed by atoms with E-state index in [2.05, 4.69) is 37.9 Å². The van der Waals surface area contributed by atoms with E-state index in [1.807, 2.05) is 30.4 Å². The third-order valence-corrected chi connectivity index (χ3v) is 3.16. The standard InChI is InChI=1S/C16H19NO.Re/c1-16(2,3)14-10-9-13(17-15(14)18)11-12-7-5-4-6-8-12;/h4-10,14H,11H2,1-3H3;. The van der Waals surface area contributed by atoms with Crippen LogP contribution >= 0.6 is 0 Å². The molecule has 0 fully saturated rings. The summed E-state index contributed by atoms with van der Waals surface area (Å²) < 4.78 is 0. The van der Waals surface area contributed by atoms with E-state index in [-0.39, 0.29) is 37.7 Å². The third kappa shape index (κ3) is 4.23. The maximum Gasteiger partial charge on any atom is 0.253 e. The summed E-state index contributed by atoms with van der Waals surface area (Å²) in [7, 11) is 0. The predicted octanol–water partition coefficient (Wildman–Crippen LogP) is 3.43. The average Bonchev–Trinajstić information content (AvgIpc) is 2.28. The van der Waals surface area contributed by atoms with Crippen molar-refractivity contribution < 1.29 is 25.2 Å². The van der Waals surface area contributed by atoms with Crippen molar-refractivity contribution in [3.63, 3.8) is 0 Å². The van der Waals surface area contributed by atoms with Gasteiger partial charge in [-0.15, -0.1) is 0 Å². The van der Waals surface area contributed by atoms with E-state index < -0.39 is 0 Å². The Morgan fingerprint density at radius 2 is 1.79 bits per heavy atom. The second-order valence-corrected chi connectivity index (χ2v) is 5.81. The van der Waals surface area contributed by atoms with Gasteiger partial charge in [0.25, 0.3) is 5.91 Å². The molecule has 1 heterocycles. The molecule has 101 valence electrons. The SMILES string of the molecule is CC(C)(C)C1C=CC(Cc2ccccc2)=NC1=O.[Re]. The normalized spacial score (nSPS) is 18.8. The van der Waals surface area contributed by atoms with Gasteiger partial charge in [0.2, 0.25) is 0 Å². The Labute approximate surface area is 128 Å². The molecule has 0 aliphatic carbocycles. The van der Waals surface area contributed by atoms with Crippen molar-refractivity contribution in [3.8, 4) is 0 Å². The van der Waals surface area contributed by atoms with E-state index in [0.717, 1.165) is 12.1 Å². The van der Waals surface area contributed by atoms with Gasteiger partial charge >= 0.3 is 0 Å². The zero-order chi connectivity index (χ0) is 13.2. The first-order valence-electron chi connectivity index (χ1n) is 6.30. The van der Waals surface area contributed by atoms with E-state index in [1.54, 1.807) is 0 Å². The molecule has 0 spiro atoms. The first kappa shape index (κ1) is 16.0. The van der Waals surface area contributed by atoms with Gasteiger partial charge in [-0.1, -0.05) is 57.2 Å². The molecule has 1 amide bonds. The number of hydrogen-bond donors (Lipinski definition) is 0. The molecule has 19 heavy (non-hydrogen) atoms. The molecule has 2 rings (SSSR count). The maximum atomic E-state index is 12.0. The molecule has 0 N–H and O–H groups in total. The van der Waals surface area contributed by atoms with Gasteiger partial charge in [0, 0.05) is 32.6 Å². The first-order chi connectivity index (χ1) is 8.47. The minimum Gasteiger partial charge on any atom is -0.272 e. The van der Waals surface area contributed by atoms with Crippen LogP contribution in [0.1, 0.15) is 26.3 Å². The number of hydrogen-bond acceptors (Lipinski definition) is 1. The van der Waals surface area contributed by atoms with Crippen LogP contribution in [0.3, 0.4) is 0 Å². The molecule has 0 saturated carbocycles. The Hall–Kier alpha value is -1.04. The van der Waals surface area contributed by atoms with Gasteiger partial charge in [-0.3, -0.25) is 4.79 Å². The molecule has 1 aliphatic rings. The zero-order valence-electron chi connectivity index (χ0n) is 11.6. The molecule has 0 bridgehead atoms. The number of carbonyl (C=O) groups is 1. The number of aliphatic imine (C=N–C) groups is 1. The van der Waals surface area contributed by atoms with Crippen molar-refractivity contribution in [1.82, 2.24) is 0 Å². The second-order valence-electron chi connectivity index (χ2n) is 5.81. The monoisotopic (exact) mass is 428 g/mol.